The summed E-state index contributed by atoms with van der Waals surface area (Å²) in [6, 6.07) is 7.98. The molecule has 0 saturated heterocycles. The lowest BCUT2D eigenvalue weighted by molar-refractivity contribution is -0.121. The molecule has 0 atom stereocenters. The predicted octanol–water partition coefficient (Wildman–Crippen LogP) is 3.32. The van der Waals surface area contributed by atoms with Crippen molar-refractivity contribution in [3.63, 3.8) is 0 Å². The Balaban J connectivity index is 1.85. The molecule has 0 bridgehead atoms. The summed E-state index contributed by atoms with van der Waals surface area (Å²) in [5, 5.41) is 3.62. The number of hydrogen-bond acceptors (Lipinski definition) is 4. The molecule has 2 rings (SSSR count). The number of carbonyl (C=O) groups is 1. The van der Waals surface area contributed by atoms with Gasteiger partial charge in [0, 0.05) is 17.3 Å². The molecular weight excluding hydrogens is 286 g/mol. The molecule has 1 aromatic rings. The SMILES string of the molecule is COCCOCC(=O)Nc1ccccc1SC1CCCC1. The highest BCUT2D eigenvalue weighted by Crippen LogP contribution is 2.37. The Morgan fingerprint density at radius 2 is 2.05 bits per heavy atom. The van der Waals surface area contributed by atoms with E-state index >= 15 is 0 Å². The fourth-order valence-electron chi connectivity index (χ4n) is 2.35. The summed E-state index contributed by atoms with van der Waals surface area (Å²) in [7, 11) is 1.61. The van der Waals surface area contributed by atoms with Gasteiger partial charge in [0.1, 0.15) is 6.61 Å². The maximum Gasteiger partial charge on any atom is 0.250 e. The van der Waals surface area contributed by atoms with Gasteiger partial charge in [-0.1, -0.05) is 25.0 Å². The second kappa shape index (κ2) is 9.07. The van der Waals surface area contributed by atoms with Crippen LogP contribution in [0.15, 0.2) is 29.2 Å². The van der Waals surface area contributed by atoms with Crippen molar-refractivity contribution < 1.29 is 14.3 Å². The van der Waals surface area contributed by atoms with Gasteiger partial charge in [-0.2, -0.15) is 0 Å². The minimum absolute atomic E-state index is 0.0613. The van der Waals surface area contributed by atoms with Crippen molar-refractivity contribution in [2.24, 2.45) is 0 Å². The van der Waals surface area contributed by atoms with Crippen LogP contribution in [-0.2, 0) is 14.3 Å². The molecule has 5 heteroatoms. The number of thioether (sulfide) groups is 1. The number of ether oxygens (including phenoxy) is 2. The molecule has 0 aliphatic heterocycles. The van der Waals surface area contributed by atoms with Crippen molar-refractivity contribution in [2.45, 2.75) is 35.8 Å². The van der Waals surface area contributed by atoms with Gasteiger partial charge in [0.25, 0.3) is 0 Å². The summed E-state index contributed by atoms with van der Waals surface area (Å²) >= 11 is 1.88. The zero-order valence-corrected chi connectivity index (χ0v) is 13.3. The van der Waals surface area contributed by atoms with E-state index in [1.807, 2.05) is 30.0 Å². The molecule has 0 heterocycles. The van der Waals surface area contributed by atoms with E-state index in [9.17, 15) is 4.79 Å². The Hall–Kier alpha value is -1.04. The smallest absolute Gasteiger partial charge is 0.250 e. The van der Waals surface area contributed by atoms with Crippen molar-refractivity contribution in [1.82, 2.24) is 0 Å². The van der Waals surface area contributed by atoms with E-state index in [2.05, 4.69) is 11.4 Å². The average molecular weight is 309 g/mol. The summed E-state index contributed by atoms with van der Waals surface area (Å²) in [4.78, 5) is 13.0. The van der Waals surface area contributed by atoms with Crippen LogP contribution in [0.25, 0.3) is 0 Å². The predicted molar refractivity (Wildman–Crippen MR) is 85.9 cm³/mol. The topological polar surface area (TPSA) is 47.6 Å². The molecule has 4 nitrogen and oxygen atoms in total. The number of rotatable bonds is 8. The van der Waals surface area contributed by atoms with Crippen molar-refractivity contribution in [3.05, 3.63) is 24.3 Å². The Kier molecular flexibility index (Phi) is 7.06. The molecule has 21 heavy (non-hydrogen) atoms. The van der Waals surface area contributed by atoms with Crippen LogP contribution in [0.2, 0.25) is 0 Å². The van der Waals surface area contributed by atoms with Gasteiger partial charge < -0.3 is 14.8 Å². The molecule has 1 N–H and O–H groups in total. The Bertz CT molecular complexity index is 447. The quantitative estimate of drug-likeness (QED) is 0.748. The largest absolute Gasteiger partial charge is 0.382 e. The maximum atomic E-state index is 11.9. The number of carbonyl (C=O) groups excluding carboxylic acids is 1. The number of amides is 1. The van der Waals surface area contributed by atoms with E-state index in [1.54, 1.807) is 7.11 Å². The molecule has 0 radical (unpaired) electrons. The highest BCUT2D eigenvalue weighted by molar-refractivity contribution is 8.00. The zero-order chi connectivity index (χ0) is 14.9. The number of hydrogen-bond donors (Lipinski definition) is 1. The van der Waals surface area contributed by atoms with Gasteiger partial charge in [-0.05, 0) is 25.0 Å². The third-order valence-corrected chi connectivity index (χ3v) is 4.84. The van der Waals surface area contributed by atoms with Crippen LogP contribution in [0.5, 0.6) is 0 Å². The van der Waals surface area contributed by atoms with E-state index in [4.69, 9.17) is 9.47 Å². The fourth-order valence-corrected chi connectivity index (χ4v) is 3.68. The Morgan fingerprint density at radius 1 is 1.29 bits per heavy atom. The maximum absolute atomic E-state index is 11.9. The van der Waals surface area contributed by atoms with E-state index in [-0.39, 0.29) is 12.5 Å². The minimum Gasteiger partial charge on any atom is -0.382 e. The lowest BCUT2D eigenvalue weighted by atomic mass is 10.3. The van der Waals surface area contributed by atoms with Crippen molar-refractivity contribution in [1.29, 1.82) is 0 Å². The molecule has 0 unspecified atom stereocenters. The van der Waals surface area contributed by atoms with Gasteiger partial charge in [-0.3, -0.25) is 4.79 Å². The van der Waals surface area contributed by atoms with Gasteiger partial charge in [0.15, 0.2) is 0 Å². The van der Waals surface area contributed by atoms with Gasteiger partial charge in [-0.25, -0.2) is 0 Å². The first-order chi connectivity index (χ1) is 10.3. The molecule has 1 aliphatic carbocycles. The van der Waals surface area contributed by atoms with Crippen molar-refractivity contribution >= 4 is 23.4 Å². The molecule has 0 spiro atoms. The number of anilines is 1. The molecule has 1 fully saturated rings. The van der Waals surface area contributed by atoms with Crippen LogP contribution in [0, 0.1) is 0 Å². The van der Waals surface area contributed by atoms with Crippen LogP contribution in [0.1, 0.15) is 25.7 Å². The van der Waals surface area contributed by atoms with Crippen LogP contribution in [0.4, 0.5) is 5.69 Å². The monoisotopic (exact) mass is 309 g/mol. The van der Waals surface area contributed by atoms with Crippen molar-refractivity contribution in [3.8, 4) is 0 Å². The first-order valence-electron chi connectivity index (χ1n) is 7.42. The summed E-state index contributed by atoms with van der Waals surface area (Å²) in [6.45, 7) is 0.996. The summed E-state index contributed by atoms with van der Waals surface area (Å²) in [5.74, 6) is -0.120. The molecular formula is C16H23NO3S. The Labute approximate surface area is 130 Å². The number of benzene rings is 1. The van der Waals surface area contributed by atoms with Gasteiger partial charge in [0.2, 0.25) is 5.91 Å². The minimum atomic E-state index is -0.120. The summed E-state index contributed by atoms with van der Waals surface area (Å²) in [5.41, 5.74) is 0.884. The first-order valence-corrected chi connectivity index (χ1v) is 8.30. The third kappa shape index (κ3) is 5.69. The van der Waals surface area contributed by atoms with Crippen LogP contribution in [-0.4, -0.2) is 38.1 Å². The van der Waals surface area contributed by atoms with Gasteiger partial charge in [0.05, 0.1) is 18.9 Å². The molecule has 0 aromatic heterocycles. The lowest BCUT2D eigenvalue weighted by Gasteiger charge is -2.14. The van der Waals surface area contributed by atoms with Crippen molar-refractivity contribution in [2.75, 3.05) is 32.2 Å². The van der Waals surface area contributed by atoms with Crippen LogP contribution < -0.4 is 5.32 Å². The second-order valence-electron chi connectivity index (χ2n) is 5.11. The third-order valence-electron chi connectivity index (χ3n) is 3.42. The standard InChI is InChI=1S/C16H23NO3S/c1-19-10-11-20-12-16(18)17-14-8-4-5-9-15(14)21-13-6-2-3-7-13/h4-5,8-9,13H,2-3,6-7,10-12H2,1H3,(H,17,18). The van der Waals surface area contributed by atoms with E-state index in [0.29, 0.717) is 18.5 Å². The first kappa shape index (κ1) is 16.3. The van der Waals surface area contributed by atoms with Crippen LogP contribution in [0.3, 0.4) is 0 Å². The normalized spacial score (nSPS) is 15.3. The molecule has 1 amide bonds. The molecule has 1 saturated carbocycles. The zero-order valence-electron chi connectivity index (χ0n) is 12.5. The van der Waals surface area contributed by atoms with E-state index in [1.165, 1.54) is 25.7 Å². The second-order valence-corrected chi connectivity index (χ2v) is 6.46. The summed E-state index contributed by atoms with van der Waals surface area (Å²) in [6.07, 6.45) is 5.18. The average Bonchev–Trinajstić information content (AvgIpc) is 2.99. The molecule has 1 aliphatic rings. The number of para-hydroxylation sites is 1. The molecule has 116 valence electrons. The van der Waals surface area contributed by atoms with Crippen LogP contribution >= 0.6 is 11.8 Å². The van der Waals surface area contributed by atoms with E-state index in [0.717, 1.165) is 10.6 Å². The highest BCUT2D eigenvalue weighted by atomic mass is 32.2. The summed E-state index contributed by atoms with van der Waals surface area (Å²) < 4.78 is 10.1. The lowest BCUT2D eigenvalue weighted by Crippen LogP contribution is -2.20. The van der Waals surface area contributed by atoms with Gasteiger partial charge >= 0.3 is 0 Å². The van der Waals surface area contributed by atoms with E-state index < -0.39 is 0 Å². The highest BCUT2D eigenvalue weighted by Gasteiger charge is 2.18. The number of nitrogens with one attached hydrogen (secondary N) is 1. The van der Waals surface area contributed by atoms with Gasteiger partial charge in [-0.15, -0.1) is 11.8 Å². The number of methoxy groups -OCH3 is 1. The fraction of sp³-hybridized carbons (Fsp3) is 0.562. The molecule has 1 aromatic carbocycles. The Morgan fingerprint density at radius 3 is 2.81 bits per heavy atom.